The first-order valence-electron chi connectivity index (χ1n) is 10.7. The lowest BCUT2D eigenvalue weighted by molar-refractivity contribution is -0.117. The highest BCUT2D eigenvalue weighted by Gasteiger charge is 2.34. The summed E-state index contributed by atoms with van der Waals surface area (Å²) in [6.45, 7) is 6.83. The van der Waals surface area contributed by atoms with Crippen LogP contribution in [0.4, 0.5) is 16.2 Å². The molecule has 0 aliphatic carbocycles. The molecule has 10 heteroatoms. The first-order chi connectivity index (χ1) is 15.5. The van der Waals surface area contributed by atoms with E-state index in [2.05, 4.69) is 4.72 Å². The van der Waals surface area contributed by atoms with Crippen LogP contribution in [0.5, 0.6) is 0 Å². The van der Waals surface area contributed by atoms with E-state index in [-0.39, 0.29) is 42.6 Å². The Morgan fingerprint density at radius 2 is 1.76 bits per heavy atom. The van der Waals surface area contributed by atoms with E-state index in [1.807, 2.05) is 13.0 Å². The molecule has 1 aliphatic rings. The number of ether oxygens (including phenoxy) is 1. The number of nitrogens with one attached hydrogen (secondary N) is 1. The molecule has 33 heavy (non-hydrogen) atoms. The number of hydrogen-bond acceptors (Lipinski definition) is 6. The maximum absolute atomic E-state index is 12.8. The van der Waals surface area contributed by atoms with Gasteiger partial charge in [-0.1, -0.05) is 18.2 Å². The number of sulfonamides is 1. The molecule has 178 valence electrons. The average molecular weight is 476 g/mol. The lowest BCUT2D eigenvalue weighted by Crippen LogP contribution is -2.51. The SMILES string of the molecule is CC(=O)N1c2ccc(-c3ccc(S(=O)(=O)NCCO)cc3)cc2N(C(=O)OC(C)C)C[C@@H]1C. The summed E-state index contributed by atoms with van der Waals surface area (Å²) in [6, 6.07) is 11.5. The highest BCUT2D eigenvalue weighted by Crippen LogP contribution is 2.39. The van der Waals surface area contributed by atoms with E-state index in [1.54, 1.807) is 43.0 Å². The first-order valence-corrected chi connectivity index (χ1v) is 12.2. The van der Waals surface area contributed by atoms with Gasteiger partial charge in [-0.3, -0.25) is 9.69 Å². The molecule has 1 atom stereocenters. The number of aliphatic hydroxyl groups excluding tert-OH is 1. The monoisotopic (exact) mass is 475 g/mol. The van der Waals surface area contributed by atoms with Gasteiger partial charge in [-0.25, -0.2) is 17.9 Å². The van der Waals surface area contributed by atoms with Crippen molar-refractivity contribution < 1.29 is 27.9 Å². The third-order valence-corrected chi connectivity index (χ3v) is 6.69. The highest BCUT2D eigenvalue weighted by atomic mass is 32.2. The van der Waals surface area contributed by atoms with Crippen LogP contribution in [0.25, 0.3) is 11.1 Å². The number of benzene rings is 2. The number of anilines is 2. The quantitative estimate of drug-likeness (QED) is 0.664. The number of amides is 2. The summed E-state index contributed by atoms with van der Waals surface area (Å²) in [5, 5.41) is 8.86. The molecule has 0 unspecified atom stereocenters. The summed E-state index contributed by atoms with van der Waals surface area (Å²) in [6.07, 6.45) is -0.783. The van der Waals surface area contributed by atoms with Crippen molar-refractivity contribution >= 4 is 33.4 Å². The van der Waals surface area contributed by atoms with Crippen molar-refractivity contribution in [3.05, 3.63) is 42.5 Å². The Bertz CT molecular complexity index is 1130. The number of hydrogen-bond donors (Lipinski definition) is 2. The Labute approximate surface area is 194 Å². The Hall–Kier alpha value is -2.95. The summed E-state index contributed by atoms with van der Waals surface area (Å²) in [5.74, 6) is -0.127. The summed E-state index contributed by atoms with van der Waals surface area (Å²) >= 11 is 0. The second-order valence-corrected chi connectivity index (χ2v) is 9.90. The molecule has 9 nitrogen and oxygen atoms in total. The van der Waals surface area contributed by atoms with Crippen molar-refractivity contribution in [2.45, 2.75) is 44.7 Å². The molecule has 2 amide bonds. The van der Waals surface area contributed by atoms with Crippen molar-refractivity contribution in [3.63, 3.8) is 0 Å². The zero-order valence-corrected chi connectivity index (χ0v) is 19.9. The van der Waals surface area contributed by atoms with Crippen LogP contribution in [-0.4, -0.2) is 57.4 Å². The number of rotatable bonds is 6. The third kappa shape index (κ3) is 5.35. The number of carbonyl (C=O) groups is 2. The molecular weight excluding hydrogens is 446 g/mol. The number of carbonyl (C=O) groups excluding carboxylic acids is 2. The van der Waals surface area contributed by atoms with Gasteiger partial charge in [-0.15, -0.1) is 0 Å². The predicted molar refractivity (Wildman–Crippen MR) is 126 cm³/mol. The molecule has 3 rings (SSSR count). The second kappa shape index (κ2) is 9.90. The Kier molecular flexibility index (Phi) is 7.41. The van der Waals surface area contributed by atoms with Crippen molar-refractivity contribution in [2.24, 2.45) is 0 Å². The van der Waals surface area contributed by atoms with Gasteiger partial charge in [0.1, 0.15) is 0 Å². The molecule has 0 saturated carbocycles. The molecule has 0 spiro atoms. The van der Waals surface area contributed by atoms with Crippen LogP contribution in [0.1, 0.15) is 27.7 Å². The molecule has 2 aromatic carbocycles. The van der Waals surface area contributed by atoms with Crippen LogP contribution in [0.2, 0.25) is 0 Å². The fourth-order valence-electron chi connectivity index (χ4n) is 3.81. The minimum Gasteiger partial charge on any atom is -0.446 e. The highest BCUT2D eigenvalue weighted by molar-refractivity contribution is 7.89. The average Bonchev–Trinajstić information content (AvgIpc) is 2.76. The van der Waals surface area contributed by atoms with Gasteiger partial charge in [0.2, 0.25) is 15.9 Å². The second-order valence-electron chi connectivity index (χ2n) is 8.13. The third-order valence-electron chi connectivity index (χ3n) is 5.21. The molecule has 0 saturated heterocycles. The molecule has 1 heterocycles. The molecule has 1 aliphatic heterocycles. The summed E-state index contributed by atoms with van der Waals surface area (Å²) in [5.41, 5.74) is 2.65. The lowest BCUT2D eigenvalue weighted by atomic mass is 10.0. The molecule has 0 bridgehead atoms. The molecule has 2 aromatic rings. The minimum absolute atomic E-state index is 0.0672. The molecule has 0 radical (unpaired) electrons. The van der Waals surface area contributed by atoms with Crippen LogP contribution in [-0.2, 0) is 19.6 Å². The van der Waals surface area contributed by atoms with E-state index in [4.69, 9.17) is 9.84 Å². The van der Waals surface area contributed by atoms with Crippen molar-refractivity contribution in [3.8, 4) is 11.1 Å². The van der Waals surface area contributed by atoms with E-state index >= 15 is 0 Å². The van der Waals surface area contributed by atoms with E-state index in [9.17, 15) is 18.0 Å². The summed E-state index contributed by atoms with van der Waals surface area (Å²) < 4.78 is 32.2. The fraction of sp³-hybridized carbons (Fsp3) is 0.391. The zero-order chi connectivity index (χ0) is 24.3. The maximum atomic E-state index is 12.8. The van der Waals surface area contributed by atoms with Crippen molar-refractivity contribution in [1.29, 1.82) is 0 Å². The first kappa shape index (κ1) is 24.7. The number of aliphatic hydroxyl groups is 1. The maximum Gasteiger partial charge on any atom is 0.414 e. The molecule has 0 aromatic heterocycles. The van der Waals surface area contributed by atoms with Crippen LogP contribution < -0.4 is 14.5 Å². The van der Waals surface area contributed by atoms with Gasteiger partial charge in [0.15, 0.2) is 0 Å². The minimum atomic E-state index is -3.71. The van der Waals surface area contributed by atoms with E-state index in [1.165, 1.54) is 24.0 Å². The van der Waals surface area contributed by atoms with Gasteiger partial charge in [0, 0.05) is 20.0 Å². The van der Waals surface area contributed by atoms with Crippen LogP contribution in [0, 0.1) is 0 Å². The van der Waals surface area contributed by atoms with Crippen LogP contribution in [0.3, 0.4) is 0 Å². The Balaban J connectivity index is 2.01. The standard InChI is InChI=1S/C23H29N3O6S/c1-15(2)32-23(29)25-14-16(3)26(17(4)28)21-10-7-19(13-22(21)25)18-5-8-20(9-6-18)33(30,31)24-11-12-27/h5-10,13,15-16,24,27H,11-12,14H2,1-4H3/t16-/m0/s1. The van der Waals surface area contributed by atoms with E-state index < -0.39 is 16.1 Å². The van der Waals surface area contributed by atoms with Gasteiger partial charge >= 0.3 is 6.09 Å². The van der Waals surface area contributed by atoms with E-state index in [0.29, 0.717) is 11.4 Å². The molecule has 0 fully saturated rings. The van der Waals surface area contributed by atoms with Gasteiger partial charge in [-0.05, 0) is 56.2 Å². The topological polar surface area (TPSA) is 116 Å². The normalized spacial score (nSPS) is 16.0. The van der Waals surface area contributed by atoms with Crippen LogP contribution in [0.15, 0.2) is 47.4 Å². The van der Waals surface area contributed by atoms with Gasteiger partial charge in [0.05, 0.1) is 35.0 Å². The van der Waals surface area contributed by atoms with Crippen LogP contribution >= 0.6 is 0 Å². The fourth-order valence-corrected chi connectivity index (χ4v) is 4.83. The zero-order valence-electron chi connectivity index (χ0n) is 19.1. The smallest absolute Gasteiger partial charge is 0.414 e. The van der Waals surface area contributed by atoms with Gasteiger partial charge in [0.25, 0.3) is 0 Å². The summed E-state index contributed by atoms with van der Waals surface area (Å²) in [4.78, 5) is 28.4. The molecular formula is C23H29N3O6S. The predicted octanol–water partition coefficient (Wildman–Crippen LogP) is 2.73. The van der Waals surface area contributed by atoms with E-state index in [0.717, 1.165) is 11.1 Å². The Morgan fingerprint density at radius 3 is 2.33 bits per heavy atom. The number of fused-ring (bicyclic) bond motifs is 1. The summed E-state index contributed by atoms with van der Waals surface area (Å²) in [7, 11) is -3.71. The van der Waals surface area contributed by atoms with Crippen molar-refractivity contribution in [2.75, 3.05) is 29.5 Å². The Morgan fingerprint density at radius 1 is 1.12 bits per heavy atom. The molecule has 2 N–H and O–H groups in total. The number of nitrogens with zero attached hydrogens (tertiary/aromatic N) is 2. The van der Waals surface area contributed by atoms with Gasteiger partial charge in [-0.2, -0.15) is 0 Å². The van der Waals surface area contributed by atoms with Gasteiger partial charge < -0.3 is 14.7 Å². The van der Waals surface area contributed by atoms with Crippen molar-refractivity contribution in [1.82, 2.24) is 4.72 Å². The largest absolute Gasteiger partial charge is 0.446 e. The lowest BCUT2D eigenvalue weighted by Gasteiger charge is -2.40.